The van der Waals surface area contributed by atoms with E-state index in [1.807, 2.05) is 0 Å². The van der Waals surface area contributed by atoms with Crippen LogP contribution in [0.4, 0.5) is 5.69 Å². The maximum Gasteiger partial charge on any atom is 0.247 e. The molecule has 1 aromatic rings. The highest BCUT2D eigenvalue weighted by atomic mass is 16.2. The Morgan fingerprint density at radius 1 is 0.812 bits per heavy atom. The molecule has 5 nitrogen and oxygen atoms in total. The summed E-state index contributed by atoms with van der Waals surface area (Å²) in [4.78, 5) is 23.7. The van der Waals surface area contributed by atoms with Gasteiger partial charge in [-0.3, -0.25) is 9.69 Å². The van der Waals surface area contributed by atoms with E-state index in [0.717, 1.165) is 45.7 Å². The second-order valence-corrected chi connectivity index (χ2v) is 9.85. The van der Waals surface area contributed by atoms with E-state index in [1.54, 1.807) is 0 Å². The normalized spacial score (nSPS) is 28.2. The van der Waals surface area contributed by atoms with E-state index in [4.69, 9.17) is 0 Å². The molecule has 1 unspecified atom stereocenters. The number of anilines is 1. The van der Waals surface area contributed by atoms with Crippen LogP contribution in [0.2, 0.25) is 0 Å². The van der Waals surface area contributed by atoms with Crippen molar-refractivity contribution in [2.45, 2.75) is 50.1 Å². The van der Waals surface area contributed by atoms with Crippen LogP contribution in [0.5, 0.6) is 0 Å². The average molecular weight is 435 g/mol. The largest absolute Gasteiger partial charge is 0.368 e. The third-order valence-corrected chi connectivity index (χ3v) is 8.04. The van der Waals surface area contributed by atoms with Gasteiger partial charge in [-0.05, 0) is 57.3 Å². The Morgan fingerprint density at radius 3 is 2.19 bits per heavy atom. The summed E-state index contributed by atoms with van der Waals surface area (Å²) in [6, 6.07) is 11.3. The highest BCUT2D eigenvalue weighted by Gasteiger charge is 2.46. The van der Waals surface area contributed by atoms with Gasteiger partial charge in [0.25, 0.3) is 0 Å². The highest BCUT2D eigenvalue weighted by Crippen LogP contribution is 2.33. The van der Waals surface area contributed by atoms with Crippen molar-refractivity contribution in [1.82, 2.24) is 14.7 Å². The summed E-state index contributed by atoms with van der Waals surface area (Å²) in [6.45, 7) is 8.00. The van der Waals surface area contributed by atoms with Gasteiger partial charge in [-0.15, -0.1) is 0 Å². The van der Waals surface area contributed by atoms with Crippen LogP contribution in [0.3, 0.4) is 0 Å². The Balaban J connectivity index is 1.24. The number of piperazine rings is 1. The molecule has 5 heteroatoms. The van der Waals surface area contributed by atoms with Crippen molar-refractivity contribution in [2.24, 2.45) is 0 Å². The molecule has 32 heavy (non-hydrogen) atoms. The molecule has 3 aliphatic heterocycles. The smallest absolute Gasteiger partial charge is 0.247 e. The lowest BCUT2D eigenvalue weighted by Crippen LogP contribution is -2.64. The van der Waals surface area contributed by atoms with Crippen LogP contribution in [0, 0.1) is 0 Å². The standard InChI is InChI=1S/C27H38N4O/c32-26(30-22-20-29(21-23-30)24-10-4-1-5-11-24)27(14-6-2-7-15-27)31-18-12-25(13-19-31)28-16-8-3-9-17-28/h1-2,4-7,10-11,14,25H,3,8-9,12-13,15-23H2. The van der Waals surface area contributed by atoms with Crippen LogP contribution >= 0.6 is 0 Å². The molecule has 172 valence electrons. The van der Waals surface area contributed by atoms with Gasteiger partial charge in [0.2, 0.25) is 5.91 Å². The van der Waals surface area contributed by atoms with Gasteiger partial charge < -0.3 is 14.7 Å². The molecule has 3 heterocycles. The van der Waals surface area contributed by atoms with Crippen LogP contribution in [-0.4, -0.2) is 84.5 Å². The second-order valence-electron chi connectivity index (χ2n) is 9.85. The highest BCUT2D eigenvalue weighted by molar-refractivity contribution is 5.89. The average Bonchev–Trinajstić information content (AvgIpc) is 2.90. The number of amides is 1. The van der Waals surface area contributed by atoms with Crippen molar-refractivity contribution < 1.29 is 4.79 Å². The third kappa shape index (κ3) is 4.38. The van der Waals surface area contributed by atoms with E-state index in [-0.39, 0.29) is 0 Å². The minimum Gasteiger partial charge on any atom is -0.368 e. The first-order valence-corrected chi connectivity index (χ1v) is 12.7. The monoisotopic (exact) mass is 434 g/mol. The molecule has 1 aromatic carbocycles. The molecule has 0 aromatic heterocycles. The number of rotatable bonds is 4. The van der Waals surface area contributed by atoms with Crippen LogP contribution in [0.1, 0.15) is 38.5 Å². The number of para-hydroxylation sites is 1. The van der Waals surface area contributed by atoms with Gasteiger partial charge in [0.15, 0.2) is 0 Å². The summed E-state index contributed by atoms with van der Waals surface area (Å²) in [7, 11) is 0. The van der Waals surface area contributed by atoms with E-state index < -0.39 is 5.54 Å². The number of benzene rings is 1. The third-order valence-electron chi connectivity index (χ3n) is 8.04. The van der Waals surface area contributed by atoms with Crippen molar-refractivity contribution in [3.63, 3.8) is 0 Å². The lowest BCUT2D eigenvalue weighted by atomic mass is 9.84. The number of piperidine rings is 2. The number of carbonyl (C=O) groups excluding carboxylic acids is 1. The topological polar surface area (TPSA) is 30.0 Å². The molecule has 0 bridgehead atoms. The summed E-state index contributed by atoms with van der Waals surface area (Å²) in [5.41, 5.74) is 0.769. The van der Waals surface area contributed by atoms with Gasteiger partial charge in [-0.2, -0.15) is 0 Å². The number of nitrogens with zero attached hydrogens (tertiary/aromatic N) is 4. The molecule has 3 saturated heterocycles. The molecule has 0 spiro atoms. The zero-order valence-corrected chi connectivity index (χ0v) is 19.4. The number of carbonyl (C=O) groups is 1. The van der Waals surface area contributed by atoms with Gasteiger partial charge in [-0.1, -0.05) is 48.9 Å². The molecule has 1 atom stereocenters. The molecule has 0 N–H and O–H groups in total. The maximum absolute atomic E-state index is 14.0. The van der Waals surface area contributed by atoms with Gasteiger partial charge >= 0.3 is 0 Å². The van der Waals surface area contributed by atoms with Gasteiger partial charge in [0.05, 0.1) is 0 Å². The number of allylic oxidation sites excluding steroid dienone is 2. The van der Waals surface area contributed by atoms with Crippen LogP contribution < -0.4 is 4.90 Å². The fourth-order valence-electron chi connectivity index (χ4n) is 6.13. The predicted octanol–water partition coefficient (Wildman–Crippen LogP) is 3.54. The van der Waals surface area contributed by atoms with Crippen molar-refractivity contribution in [2.75, 3.05) is 57.3 Å². The second kappa shape index (κ2) is 9.80. The Labute approximate surface area is 193 Å². The molecule has 1 amide bonds. The first-order chi connectivity index (χ1) is 15.8. The van der Waals surface area contributed by atoms with E-state index in [1.165, 1.54) is 50.9 Å². The molecule has 3 fully saturated rings. The molecular weight excluding hydrogens is 396 g/mol. The van der Waals surface area contributed by atoms with Crippen molar-refractivity contribution in [3.05, 3.63) is 54.6 Å². The Morgan fingerprint density at radius 2 is 1.53 bits per heavy atom. The SMILES string of the molecule is O=C(N1CCN(c2ccccc2)CC1)C1(N2CCC(N3CCCCC3)CC2)C=CC=CC1. The summed E-state index contributed by atoms with van der Waals surface area (Å²) < 4.78 is 0. The summed E-state index contributed by atoms with van der Waals surface area (Å²) in [5.74, 6) is 0.308. The summed E-state index contributed by atoms with van der Waals surface area (Å²) in [6.07, 6.45) is 15.9. The zero-order valence-electron chi connectivity index (χ0n) is 19.4. The van der Waals surface area contributed by atoms with Crippen LogP contribution in [0.25, 0.3) is 0 Å². The van der Waals surface area contributed by atoms with Gasteiger partial charge in [0, 0.05) is 51.0 Å². The predicted molar refractivity (Wildman–Crippen MR) is 131 cm³/mol. The zero-order chi connectivity index (χ0) is 21.8. The van der Waals surface area contributed by atoms with Crippen molar-refractivity contribution in [1.29, 1.82) is 0 Å². The fraction of sp³-hybridized carbons (Fsp3) is 0.593. The molecule has 5 rings (SSSR count). The number of hydrogen-bond acceptors (Lipinski definition) is 4. The van der Waals surface area contributed by atoms with Crippen LogP contribution in [0.15, 0.2) is 54.6 Å². The minimum absolute atomic E-state index is 0.308. The summed E-state index contributed by atoms with van der Waals surface area (Å²) in [5, 5.41) is 0. The molecule has 1 aliphatic carbocycles. The molecular formula is C27H38N4O. The molecule has 0 saturated carbocycles. The van der Waals surface area contributed by atoms with Crippen molar-refractivity contribution in [3.8, 4) is 0 Å². The number of likely N-dealkylation sites (tertiary alicyclic amines) is 2. The van der Waals surface area contributed by atoms with Crippen molar-refractivity contribution >= 4 is 11.6 Å². The van der Waals surface area contributed by atoms with Gasteiger partial charge in [-0.25, -0.2) is 0 Å². The summed E-state index contributed by atoms with van der Waals surface area (Å²) >= 11 is 0. The number of hydrogen-bond donors (Lipinski definition) is 0. The van der Waals surface area contributed by atoms with Gasteiger partial charge in [0.1, 0.15) is 5.54 Å². The Kier molecular flexibility index (Phi) is 6.65. The van der Waals surface area contributed by atoms with E-state index in [9.17, 15) is 4.79 Å². The van der Waals surface area contributed by atoms with E-state index in [0.29, 0.717) is 11.9 Å². The Hall–Kier alpha value is -2.11. The molecule has 4 aliphatic rings. The lowest BCUT2D eigenvalue weighted by molar-refractivity contribution is -0.143. The van der Waals surface area contributed by atoms with E-state index >= 15 is 0 Å². The van der Waals surface area contributed by atoms with Crippen LogP contribution in [-0.2, 0) is 4.79 Å². The quantitative estimate of drug-likeness (QED) is 0.725. The lowest BCUT2D eigenvalue weighted by Gasteiger charge is -2.49. The first-order valence-electron chi connectivity index (χ1n) is 12.7. The minimum atomic E-state index is -0.490. The van der Waals surface area contributed by atoms with E-state index in [2.05, 4.69) is 74.2 Å². The molecule has 0 radical (unpaired) electrons. The first kappa shape index (κ1) is 21.7. The maximum atomic E-state index is 14.0. The fourth-order valence-corrected chi connectivity index (χ4v) is 6.13. The Bertz CT molecular complexity index is 815.